The van der Waals surface area contributed by atoms with Crippen molar-refractivity contribution in [3.05, 3.63) is 34.0 Å². The van der Waals surface area contributed by atoms with Gasteiger partial charge in [-0.15, -0.1) is 11.3 Å². The second-order valence-corrected chi connectivity index (χ2v) is 8.35. The summed E-state index contributed by atoms with van der Waals surface area (Å²) >= 11 is 3.53. The molecular formula is C17H23N3OS2. The fraction of sp³-hybridized carbons (Fsp3) is 0.588. The van der Waals surface area contributed by atoms with E-state index in [2.05, 4.69) is 37.0 Å². The van der Waals surface area contributed by atoms with E-state index in [-0.39, 0.29) is 0 Å². The summed E-state index contributed by atoms with van der Waals surface area (Å²) in [6.45, 7) is 7.22. The number of rotatable bonds is 3. The average molecular weight is 350 g/mol. The first-order valence-electron chi connectivity index (χ1n) is 8.29. The van der Waals surface area contributed by atoms with Crippen LogP contribution in [0.5, 0.6) is 0 Å². The molecular weight excluding hydrogens is 326 g/mol. The Bertz CT molecular complexity index is 591. The lowest BCUT2D eigenvalue weighted by Gasteiger charge is -2.42. The zero-order valence-corrected chi connectivity index (χ0v) is 15.0. The van der Waals surface area contributed by atoms with Crippen molar-refractivity contribution in [2.45, 2.75) is 19.4 Å². The van der Waals surface area contributed by atoms with Crippen LogP contribution in [0.1, 0.15) is 18.4 Å². The van der Waals surface area contributed by atoms with Crippen LogP contribution in [0.25, 0.3) is 0 Å². The molecule has 2 aromatic rings. The third-order valence-electron chi connectivity index (χ3n) is 5.03. The standard InChI is InChI=1S/C17H23N3OS2/c1-9-22-12-15(1)11-19-5-2-17(3-6-19)13-20(7-8-21-14-17)16-18-4-10-23-16/h1,4,9-10,12H,2-3,5-8,11,13-14H2. The Morgan fingerprint density at radius 2 is 2.13 bits per heavy atom. The molecule has 2 aromatic heterocycles. The van der Waals surface area contributed by atoms with Gasteiger partial charge < -0.3 is 9.64 Å². The van der Waals surface area contributed by atoms with Gasteiger partial charge in [0.15, 0.2) is 5.13 Å². The number of aromatic nitrogens is 1. The zero-order chi connectivity index (χ0) is 15.5. The molecule has 0 bridgehead atoms. The number of thiophene rings is 1. The minimum absolute atomic E-state index is 0.299. The summed E-state index contributed by atoms with van der Waals surface area (Å²) < 4.78 is 5.98. The van der Waals surface area contributed by atoms with Gasteiger partial charge in [0.1, 0.15) is 0 Å². The van der Waals surface area contributed by atoms with Crippen molar-refractivity contribution in [1.29, 1.82) is 0 Å². The SMILES string of the molecule is c1csc(N2CCOCC3(CCN(Cc4ccsc4)CC3)C2)n1. The van der Waals surface area contributed by atoms with Crippen LogP contribution in [0.2, 0.25) is 0 Å². The van der Waals surface area contributed by atoms with Crippen LogP contribution in [0.4, 0.5) is 5.13 Å². The normalized spacial score (nSPS) is 22.3. The summed E-state index contributed by atoms with van der Waals surface area (Å²) in [5, 5.41) is 7.65. The fourth-order valence-electron chi connectivity index (χ4n) is 3.66. The van der Waals surface area contributed by atoms with Crippen molar-refractivity contribution in [3.8, 4) is 0 Å². The largest absolute Gasteiger partial charge is 0.379 e. The molecule has 0 aromatic carbocycles. The summed E-state index contributed by atoms with van der Waals surface area (Å²) in [5.74, 6) is 0. The van der Waals surface area contributed by atoms with Gasteiger partial charge in [0.05, 0.1) is 13.2 Å². The van der Waals surface area contributed by atoms with Crippen LogP contribution in [0.3, 0.4) is 0 Å². The highest BCUT2D eigenvalue weighted by molar-refractivity contribution is 7.13. The Morgan fingerprint density at radius 3 is 2.87 bits per heavy atom. The molecule has 2 saturated heterocycles. The van der Waals surface area contributed by atoms with Crippen molar-refractivity contribution in [3.63, 3.8) is 0 Å². The molecule has 0 aliphatic carbocycles. The van der Waals surface area contributed by atoms with Gasteiger partial charge in [-0.2, -0.15) is 11.3 Å². The minimum atomic E-state index is 0.299. The third-order valence-corrected chi connectivity index (χ3v) is 6.60. The van der Waals surface area contributed by atoms with Crippen LogP contribution in [0, 0.1) is 5.41 Å². The molecule has 124 valence electrons. The van der Waals surface area contributed by atoms with Gasteiger partial charge in [0.2, 0.25) is 0 Å². The van der Waals surface area contributed by atoms with Crippen molar-refractivity contribution in [2.75, 3.05) is 44.3 Å². The van der Waals surface area contributed by atoms with E-state index in [0.717, 1.165) is 38.0 Å². The smallest absolute Gasteiger partial charge is 0.185 e. The maximum absolute atomic E-state index is 5.98. The molecule has 0 saturated carbocycles. The first-order chi connectivity index (χ1) is 11.3. The van der Waals surface area contributed by atoms with E-state index >= 15 is 0 Å². The van der Waals surface area contributed by atoms with Crippen LogP contribution in [-0.4, -0.2) is 49.3 Å². The lowest BCUT2D eigenvalue weighted by Crippen LogP contribution is -2.47. The van der Waals surface area contributed by atoms with E-state index in [1.54, 1.807) is 22.7 Å². The van der Waals surface area contributed by atoms with E-state index in [1.165, 1.54) is 31.5 Å². The number of nitrogens with zero attached hydrogens (tertiary/aromatic N) is 3. The Hall–Kier alpha value is -0.950. The van der Waals surface area contributed by atoms with Crippen molar-refractivity contribution in [1.82, 2.24) is 9.88 Å². The summed E-state index contributed by atoms with van der Waals surface area (Å²) in [5.41, 5.74) is 1.75. The molecule has 2 fully saturated rings. The lowest BCUT2D eigenvalue weighted by atomic mass is 9.78. The first kappa shape index (κ1) is 15.6. The maximum atomic E-state index is 5.98. The molecule has 23 heavy (non-hydrogen) atoms. The molecule has 0 radical (unpaired) electrons. The van der Waals surface area contributed by atoms with Crippen molar-refractivity contribution < 1.29 is 4.74 Å². The molecule has 6 heteroatoms. The molecule has 1 spiro atoms. The Kier molecular flexibility index (Phi) is 4.66. The number of thiazole rings is 1. The van der Waals surface area contributed by atoms with Gasteiger partial charge in [-0.3, -0.25) is 4.90 Å². The number of hydrogen-bond acceptors (Lipinski definition) is 6. The zero-order valence-electron chi connectivity index (χ0n) is 13.3. The molecule has 4 rings (SSSR count). The van der Waals surface area contributed by atoms with Gasteiger partial charge >= 0.3 is 0 Å². The van der Waals surface area contributed by atoms with E-state index in [9.17, 15) is 0 Å². The van der Waals surface area contributed by atoms with Gasteiger partial charge in [-0.1, -0.05) is 0 Å². The monoisotopic (exact) mass is 349 g/mol. The first-order valence-corrected chi connectivity index (χ1v) is 10.1. The maximum Gasteiger partial charge on any atom is 0.185 e. The second kappa shape index (κ2) is 6.89. The highest BCUT2D eigenvalue weighted by Gasteiger charge is 2.38. The fourth-order valence-corrected chi connectivity index (χ4v) is 4.99. The average Bonchev–Trinajstić information content (AvgIpc) is 3.23. The molecule has 4 nitrogen and oxygen atoms in total. The molecule has 0 amide bonds. The number of hydrogen-bond donors (Lipinski definition) is 0. The van der Waals surface area contributed by atoms with Crippen LogP contribution in [0.15, 0.2) is 28.4 Å². The number of anilines is 1. The van der Waals surface area contributed by atoms with Crippen LogP contribution in [-0.2, 0) is 11.3 Å². The van der Waals surface area contributed by atoms with E-state index in [4.69, 9.17) is 4.74 Å². The highest BCUT2D eigenvalue weighted by Crippen LogP contribution is 2.36. The Balaban J connectivity index is 1.40. The van der Waals surface area contributed by atoms with Gasteiger partial charge in [-0.05, 0) is 48.3 Å². The predicted octanol–water partition coefficient (Wildman–Crippen LogP) is 3.32. The van der Waals surface area contributed by atoms with Crippen LogP contribution >= 0.6 is 22.7 Å². The van der Waals surface area contributed by atoms with Crippen LogP contribution < -0.4 is 4.90 Å². The Labute approximate surface area is 145 Å². The van der Waals surface area contributed by atoms with E-state index in [1.807, 2.05) is 6.20 Å². The minimum Gasteiger partial charge on any atom is -0.379 e. The van der Waals surface area contributed by atoms with E-state index in [0.29, 0.717) is 5.41 Å². The van der Waals surface area contributed by atoms with Crippen molar-refractivity contribution >= 4 is 27.8 Å². The molecule has 0 N–H and O–H groups in total. The summed E-state index contributed by atoms with van der Waals surface area (Å²) in [4.78, 5) is 9.53. The summed E-state index contributed by atoms with van der Waals surface area (Å²) in [6, 6.07) is 2.24. The van der Waals surface area contributed by atoms with Crippen molar-refractivity contribution in [2.24, 2.45) is 5.41 Å². The van der Waals surface area contributed by atoms with Gasteiger partial charge in [0, 0.05) is 36.6 Å². The quantitative estimate of drug-likeness (QED) is 0.850. The highest BCUT2D eigenvalue weighted by atomic mass is 32.1. The molecule has 2 aliphatic rings. The molecule has 2 aliphatic heterocycles. The second-order valence-electron chi connectivity index (χ2n) is 6.70. The van der Waals surface area contributed by atoms with Gasteiger partial charge in [0.25, 0.3) is 0 Å². The number of ether oxygens (including phenoxy) is 1. The third kappa shape index (κ3) is 3.60. The predicted molar refractivity (Wildman–Crippen MR) is 96.4 cm³/mol. The topological polar surface area (TPSA) is 28.6 Å². The molecule has 4 heterocycles. The Morgan fingerprint density at radius 1 is 1.22 bits per heavy atom. The number of piperidine rings is 1. The molecule has 0 atom stereocenters. The van der Waals surface area contributed by atoms with Gasteiger partial charge in [-0.25, -0.2) is 4.98 Å². The number of likely N-dealkylation sites (tertiary alicyclic amines) is 1. The summed E-state index contributed by atoms with van der Waals surface area (Å²) in [6.07, 6.45) is 4.35. The lowest BCUT2D eigenvalue weighted by molar-refractivity contribution is 0.0201. The molecule has 0 unspecified atom stereocenters. The van der Waals surface area contributed by atoms with E-state index < -0.39 is 0 Å². The summed E-state index contributed by atoms with van der Waals surface area (Å²) in [7, 11) is 0.